The quantitative estimate of drug-likeness (QED) is 0.800. The van der Waals surface area contributed by atoms with E-state index in [2.05, 4.69) is 36.7 Å². The second-order valence-corrected chi connectivity index (χ2v) is 6.01. The highest BCUT2D eigenvalue weighted by Crippen LogP contribution is 2.42. The molecule has 0 bridgehead atoms. The highest BCUT2D eigenvalue weighted by atomic mass is 32.1. The number of hydrogen-bond donors (Lipinski definition) is 2. The second-order valence-electron chi connectivity index (χ2n) is 5.03. The lowest BCUT2D eigenvalue weighted by atomic mass is 10.0. The standard InChI is InChI=1S/C13H21NOS/c1-9(2)11(8-15)14-13(10-5-6-10)12-4-3-7-16-12/h3-4,7,9-11,13-15H,5-6,8H2,1-2H3/t11-,13?/m1/s1. The molecule has 3 heteroatoms. The molecule has 90 valence electrons. The summed E-state index contributed by atoms with van der Waals surface area (Å²) in [6.07, 6.45) is 2.65. The molecule has 1 aromatic heterocycles. The van der Waals surface area contributed by atoms with E-state index in [0.717, 1.165) is 5.92 Å². The van der Waals surface area contributed by atoms with Gasteiger partial charge in [0.05, 0.1) is 6.61 Å². The van der Waals surface area contributed by atoms with E-state index in [9.17, 15) is 5.11 Å². The molecule has 1 aliphatic rings. The Morgan fingerprint density at radius 2 is 2.25 bits per heavy atom. The van der Waals surface area contributed by atoms with Crippen LogP contribution < -0.4 is 5.32 Å². The largest absolute Gasteiger partial charge is 0.395 e. The minimum absolute atomic E-state index is 0.215. The molecule has 2 rings (SSSR count). The highest BCUT2D eigenvalue weighted by Gasteiger charge is 2.34. The van der Waals surface area contributed by atoms with Gasteiger partial charge in [0.1, 0.15) is 0 Å². The summed E-state index contributed by atoms with van der Waals surface area (Å²) in [6.45, 7) is 4.55. The van der Waals surface area contributed by atoms with Gasteiger partial charge in [-0.2, -0.15) is 0 Å². The molecule has 0 aliphatic heterocycles. The Balaban J connectivity index is 2.03. The van der Waals surface area contributed by atoms with Gasteiger partial charge in [-0.15, -0.1) is 11.3 Å². The van der Waals surface area contributed by atoms with Crippen molar-refractivity contribution in [1.82, 2.24) is 5.32 Å². The van der Waals surface area contributed by atoms with Crippen molar-refractivity contribution in [3.8, 4) is 0 Å². The summed E-state index contributed by atoms with van der Waals surface area (Å²) in [5.74, 6) is 1.26. The molecular weight excluding hydrogens is 218 g/mol. The van der Waals surface area contributed by atoms with Gasteiger partial charge in [-0.3, -0.25) is 0 Å². The minimum Gasteiger partial charge on any atom is -0.395 e. The van der Waals surface area contributed by atoms with Gasteiger partial charge >= 0.3 is 0 Å². The maximum atomic E-state index is 9.39. The van der Waals surface area contributed by atoms with Crippen LogP contribution in [0.5, 0.6) is 0 Å². The van der Waals surface area contributed by atoms with Crippen molar-refractivity contribution in [3.63, 3.8) is 0 Å². The van der Waals surface area contributed by atoms with Crippen molar-refractivity contribution in [3.05, 3.63) is 22.4 Å². The molecule has 2 N–H and O–H groups in total. The summed E-state index contributed by atoms with van der Waals surface area (Å²) < 4.78 is 0. The van der Waals surface area contributed by atoms with Crippen molar-refractivity contribution in [1.29, 1.82) is 0 Å². The third kappa shape index (κ3) is 2.84. The topological polar surface area (TPSA) is 32.3 Å². The van der Waals surface area contributed by atoms with Crippen LogP contribution in [-0.2, 0) is 0 Å². The molecule has 1 fully saturated rings. The molecule has 1 unspecified atom stereocenters. The van der Waals surface area contributed by atoms with Crippen LogP contribution in [0.3, 0.4) is 0 Å². The summed E-state index contributed by atoms with van der Waals surface area (Å²) in [6, 6.07) is 4.99. The fourth-order valence-corrected chi connectivity index (χ4v) is 2.91. The Morgan fingerprint density at radius 1 is 1.50 bits per heavy atom. The van der Waals surface area contributed by atoms with Gasteiger partial charge in [-0.1, -0.05) is 19.9 Å². The molecule has 2 nitrogen and oxygen atoms in total. The lowest BCUT2D eigenvalue weighted by Gasteiger charge is -2.26. The van der Waals surface area contributed by atoms with Crippen LogP contribution in [0.2, 0.25) is 0 Å². The molecule has 0 spiro atoms. The van der Waals surface area contributed by atoms with E-state index in [0.29, 0.717) is 12.0 Å². The predicted molar refractivity (Wildman–Crippen MR) is 68.6 cm³/mol. The van der Waals surface area contributed by atoms with Gasteiger partial charge in [-0.25, -0.2) is 0 Å². The molecule has 0 saturated heterocycles. The first-order valence-corrected chi connectivity index (χ1v) is 7.00. The molecular formula is C13H21NOS. The predicted octanol–water partition coefficient (Wildman–Crippen LogP) is 2.81. The van der Waals surface area contributed by atoms with Gasteiger partial charge in [0.25, 0.3) is 0 Å². The zero-order chi connectivity index (χ0) is 11.5. The maximum absolute atomic E-state index is 9.39. The number of aliphatic hydroxyl groups excluding tert-OH is 1. The molecule has 0 amide bonds. The van der Waals surface area contributed by atoms with Crippen molar-refractivity contribution in [2.75, 3.05) is 6.61 Å². The average molecular weight is 239 g/mol. The van der Waals surface area contributed by atoms with Gasteiger partial charge in [-0.05, 0) is 36.1 Å². The van der Waals surface area contributed by atoms with E-state index in [4.69, 9.17) is 0 Å². The summed E-state index contributed by atoms with van der Waals surface area (Å²) in [7, 11) is 0. The van der Waals surface area contributed by atoms with Crippen LogP contribution in [0.15, 0.2) is 17.5 Å². The molecule has 0 radical (unpaired) electrons. The van der Waals surface area contributed by atoms with E-state index in [1.165, 1.54) is 17.7 Å². The first kappa shape index (κ1) is 12.1. The van der Waals surface area contributed by atoms with Crippen molar-refractivity contribution < 1.29 is 5.11 Å². The Morgan fingerprint density at radius 3 is 2.69 bits per heavy atom. The van der Waals surface area contributed by atoms with Crippen LogP contribution >= 0.6 is 11.3 Å². The van der Waals surface area contributed by atoms with Gasteiger partial charge in [0, 0.05) is 17.0 Å². The minimum atomic E-state index is 0.215. The second kappa shape index (κ2) is 5.30. The summed E-state index contributed by atoms with van der Waals surface area (Å²) in [5, 5.41) is 15.1. The van der Waals surface area contributed by atoms with Crippen LogP contribution in [0, 0.1) is 11.8 Å². The number of aliphatic hydroxyl groups is 1. The summed E-state index contributed by atoms with van der Waals surface area (Å²) in [4.78, 5) is 1.42. The first-order chi connectivity index (χ1) is 7.72. The number of thiophene rings is 1. The number of rotatable bonds is 6. The Labute approximate surface area is 102 Å². The molecule has 1 aromatic rings. The maximum Gasteiger partial charge on any atom is 0.0587 e. The van der Waals surface area contributed by atoms with Gasteiger partial charge in [0.15, 0.2) is 0 Å². The van der Waals surface area contributed by atoms with Crippen molar-refractivity contribution in [2.24, 2.45) is 11.8 Å². The molecule has 2 atom stereocenters. The third-order valence-corrected chi connectivity index (χ3v) is 4.29. The zero-order valence-electron chi connectivity index (χ0n) is 10.0. The molecule has 1 aliphatic carbocycles. The number of hydrogen-bond acceptors (Lipinski definition) is 3. The molecule has 1 heterocycles. The first-order valence-electron chi connectivity index (χ1n) is 6.12. The van der Waals surface area contributed by atoms with Gasteiger partial charge in [0.2, 0.25) is 0 Å². The lowest BCUT2D eigenvalue weighted by molar-refractivity contribution is 0.195. The van der Waals surface area contributed by atoms with Crippen LogP contribution in [0.4, 0.5) is 0 Å². The van der Waals surface area contributed by atoms with E-state index < -0.39 is 0 Å². The van der Waals surface area contributed by atoms with E-state index in [-0.39, 0.29) is 12.6 Å². The number of nitrogens with one attached hydrogen (secondary N) is 1. The lowest BCUT2D eigenvalue weighted by Crippen LogP contribution is -2.40. The Kier molecular flexibility index (Phi) is 4.00. The Bertz CT molecular complexity index is 306. The van der Waals surface area contributed by atoms with Crippen LogP contribution in [-0.4, -0.2) is 17.8 Å². The monoisotopic (exact) mass is 239 g/mol. The van der Waals surface area contributed by atoms with Crippen LogP contribution in [0.25, 0.3) is 0 Å². The van der Waals surface area contributed by atoms with Gasteiger partial charge < -0.3 is 10.4 Å². The van der Waals surface area contributed by atoms with Crippen LogP contribution in [0.1, 0.15) is 37.6 Å². The molecule has 1 saturated carbocycles. The van der Waals surface area contributed by atoms with E-state index in [1.54, 1.807) is 0 Å². The van der Waals surface area contributed by atoms with E-state index in [1.807, 2.05) is 11.3 Å². The smallest absolute Gasteiger partial charge is 0.0587 e. The van der Waals surface area contributed by atoms with Crippen molar-refractivity contribution >= 4 is 11.3 Å². The summed E-state index contributed by atoms with van der Waals surface area (Å²) in [5.41, 5.74) is 0. The Hall–Kier alpha value is -0.380. The molecule has 16 heavy (non-hydrogen) atoms. The summed E-state index contributed by atoms with van der Waals surface area (Å²) >= 11 is 1.82. The normalized spacial score (nSPS) is 20.0. The zero-order valence-corrected chi connectivity index (χ0v) is 10.8. The SMILES string of the molecule is CC(C)[C@@H](CO)NC(c1cccs1)C1CC1. The molecule has 0 aromatic carbocycles. The van der Waals surface area contributed by atoms with Crippen molar-refractivity contribution in [2.45, 2.75) is 38.8 Å². The van der Waals surface area contributed by atoms with E-state index >= 15 is 0 Å². The third-order valence-electron chi connectivity index (χ3n) is 3.34. The fourth-order valence-electron chi connectivity index (χ4n) is 2.03. The fraction of sp³-hybridized carbons (Fsp3) is 0.692. The highest BCUT2D eigenvalue weighted by molar-refractivity contribution is 7.10. The average Bonchev–Trinajstić information content (AvgIpc) is 2.94.